The second-order valence-corrected chi connectivity index (χ2v) is 6.03. The number of benzene rings is 1. The lowest BCUT2D eigenvalue weighted by Gasteiger charge is -2.30. The summed E-state index contributed by atoms with van der Waals surface area (Å²) >= 11 is 0. The zero-order valence-electron chi connectivity index (χ0n) is 14.0. The van der Waals surface area contributed by atoms with E-state index in [1.807, 2.05) is 18.2 Å². The average Bonchev–Trinajstić information content (AvgIpc) is 2.96. The van der Waals surface area contributed by atoms with Gasteiger partial charge in [-0.2, -0.15) is 23.5 Å². The van der Waals surface area contributed by atoms with Crippen LogP contribution < -0.4 is 5.32 Å². The number of aryl methyl sites for hydroxylation is 1. The van der Waals surface area contributed by atoms with E-state index in [9.17, 15) is 18.0 Å². The van der Waals surface area contributed by atoms with Gasteiger partial charge in [0, 0.05) is 26.2 Å². The van der Waals surface area contributed by atoms with Gasteiger partial charge >= 0.3 is 12.2 Å². The second-order valence-electron chi connectivity index (χ2n) is 6.03. The van der Waals surface area contributed by atoms with E-state index in [2.05, 4.69) is 16.5 Å². The molecule has 26 heavy (non-hydrogen) atoms. The number of carbonyl (C=O) groups excluding carboxylic acids is 1. The van der Waals surface area contributed by atoms with Gasteiger partial charge in [0.2, 0.25) is 0 Å². The Kier molecular flexibility index (Phi) is 4.59. The molecule has 0 saturated heterocycles. The highest BCUT2D eigenvalue weighted by Gasteiger charge is 2.35. The highest BCUT2D eigenvalue weighted by atomic mass is 19.4. The fourth-order valence-electron chi connectivity index (χ4n) is 3.02. The predicted molar refractivity (Wildman–Crippen MR) is 87.1 cm³/mol. The third-order valence-electron chi connectivity index (χ3n) is 4.32. The van der Waals surface area contributed by atoms with E-state index in [1.54, 1.807) is 0 Å². The van der Waals surface area contributed by atoms with Crippen molar-refractivity contribution in [1.82, 2.24) is 14.7 Å². The molecular weight excluding hydrogens is 347 g/mol. The zero-order valence-corrected chi connectivity index (χ0v) is 14.0. The van der Waals surface area contributed by atoms with Gasteiger partial charge in [0.25, 0.3) is 0 Å². The maximum Gasteiger partial charge on any atom is 0.435 e. The number of hydrogen-bond donors (Lipinski definition) is 1. The summed E-state index contributed by atoms with van der Waals surface area (Å²) in [6.45, 7) is 0.760. The Labute approximate surface area is 147 Å². The molecule has 0 radical (unpaired) electrons. The van der Waals surface area contributed by atoms with Crippen molar-refractivity contribution in [2.75, 3.05) is 11.9 Å². The molecule has 2 aromatic rings. The van der Waals surface area contributed by atoms with Crippen molar-refractivity contribution in [3.8, 4) is 6.07 Å². The molecule has 1 aliphatic heterocycles. The Bertz CT molecular complexity index is 881. The fourth-order valence-corrected chi connectivity index (χ4v) is 3.02. The smallest absolute Gasteiger partial charge is 0.320 e. The molecule has 0 aliphatic carbocycles. The van der Waals surface area contributed by atoms with Gasteiger partial charge in [-0.25, -0.2) is 4.79 Å². The van der Waals surface area contributed by atoms with Gasteiger partial charge in [0.05, 0.1) is 12.5 Å². The number of carbonyl (C=O) groups is 1. The minimum atomic E-state index is -4.57. The number of fused-ring (bicyclic) bond motifs is 1. The number of anilines is 1. The number of nitrogens with one attached hydrogen (secondary N) is 1. The van der Waals surface area contributed by atoms with E-state index in [0.29, 0.717) is 25.9 Å². The van der Waals surface area contributed by atoms with E-state index >= 15 is 0 Å². The average molecular weight is 363 g/mol. The zero-order chi connectivity index (χ0) is 18.9. The normalized spacial score (nSPS) is 13.9. The molecule has 9 heteroatoms. The topological polar surface area (TPSA) is 74.0 Å². The van der Waals surface area contributed by atoms with Gasteiger partial charge in [0.15, 0.2) is 5.69 Å². The summed E-state index contributed by atoms with van der Waals surface area (Å²) in [5.74, 6) is -0.0219. The Balaban J connectivity index is 1.74. The lowest BCUT2D eigenvalue weighted by atomic mass is 9.93. The van der Waals surface area contributed by atoms with E-state index in [-0.39, 0.29) is 5.82 Å². The monoisotopic (exact) mass is 363 g/mol. The van der Waals surface area contributed by atoms with Gasteiger partial charge in [-0.05, 0) is 23.1 Å². The van der Waals surface area contributed by atoms with Crippen LogP contribution in [0.2, 0.25) is 0 Å². The van der Waals surface area contributed by atoms with Crippen LogP contribution in [0.25, 0.3) is 0 Å². The molecule has 2 heterocycles. The van der Waals surface area contributed by atoms with Gasteiger partial charge in [-0.1, -0.05) is 18.2 Å². The number of amides is 2. The lowest BCUT2D eigenvalue weighted by Crippen LogP contribution is -2.39. The summed E-state index contributed by atoms with van der Waals surface area (Å²) < 4.78 is 39.1. The third-order valence-corrected chi connectivity index (χ3v) is 4.32. The van der Waals surface area contributed by atoms with E-state index < -0.39 is 17.9 Å². The molecule has 136 valence electrons. The summed E-state index contributed by atoms with van der Waals surface area (Å²) in [5.41, 5.74) is 1.91. The number of rotatable bonds is 2. The Morgan fingerprint density at radius 1 is 1.42 bits per heavy atom. The highest BCUT2D eigenvalue weighted by molar-refractivity contribution is 5.88. The van der Waals surface area contributed by atoms with Crippen molar-refractivity contribution >= 4 is 11.8 Å². The Morgan fingerprint density at radius 2 is 2.19 bits per heavy atom. The minimum Gasteiger partial charge on any atom is -0.320 e. The molecule has 0 bridgehead atoms. The van der Waals surface area contributed by atoms with Crippen LogP contribution in [-0.4, -0.2) is 27.3 Å². The lowest BCUT2D eigenvalue weighted by molar-refractivity contribution is -0.141. The highest BCUT2D eigenvalue weighted by Crippen LogP contribution is 2.30. The van der Waals surface area contributed by atoms with Gasteiger partial charge in [-0.15, -0.1) is 0 Å². The van der Waals surface area contributed by atoms with Crippen LogP contribution in [0, 0.1) is 11.3 Å². The molecule has 1 N–H and O–H groups in total. The molecule has 1 aromatic heterocycles. The quantitative estimate of drug-likeness (QED) is 0.891. The van der Waals surface area contributed by atoms with Crippen LogP contribution in [0.5, 0.6) is 0 Å². The number of aromatic nitrogens is 2. The first-order valence-electron chi connectivity index (χ1n) is 7.93. The molecule has 0 spiro atoms. The van der Waals surface area contributed by atoms with Gasteiger partial charge in [-0.3, -0.25) is 10.00 Å². The van der Waals surface area contributed by atoms with Crippen LogP contribution in [0.15, 0.2) is 24.3 Å². The Morgan fingerprint density at radius 3 is 2.85 bits per heavy atom. The van der Waals surface area contributed by atoms with Crippen LogP contribution in [0.4, 0.5) is 23.8 Å². The molecule has 1 aliphatic rings. The van der Waals surface area contributed by atoms with Crippen molar-refractivity contribution in [1.29, 1.82) is 5.26 Å². The van der Waals surface area contributed by atoms with Crippen LogP contribution in [0.1, 0.15) is 22.4 Å². The standard InChI is InChI=1S/C17H16F3N5O/c1-24-15(9-14(23-24)17(18,19)20)22-16(26)25-8-6-13-11(5-7-21)3-2-4-12(13)10-25/h2-4,9H,5-6,8,10H2,1H3,(H,22,26). The summed E-state index contributed by atoms with van der Waals surface area (Å²) in [6.07, 6.45) is -3.66. The maximum atomic E-state index is 12.7. The molecule has 3 rings (SSSR count). The number of nitriles is 1. The van der Waals surface area contributed by atoms with E-state index in [0.717, 1.165) is 27.4 Å². The largest absolute Gasteiger partial charge is 0.435 e. The maximum absolute atomic E-state index is 12.7. The Hall–Kier alpha value is -3.02. The predicted octanol–water partition coefficient (Wildman–Crippen LogP) is 3.10. The SMILES string of the molecule is Cn1nc(C(F)(F)F)cc1NC(=O)N1CCc2c(CC#N)cccc2C1. The molecular formula is C17H16F3N5O. The first-order valence-corrected chi connectivity index (χ1v) is 7.93. The summed E-state index contributed by atoms with van der Waals surface area (Å²) in [7, 11) is 1.34. The van der Waals surface area contributed by atoms with Gasteiger partial charge < -0.3 is 4.90 Å². The van der Waals surface area contributed by atoms with E-state index in [4.69, 9.17) is 5.26 Å². The number of hydrogen-bond acceptors (Lipinski definition) is 3. The van der Waals surface area contributed by atoms with Crippen molar-refractivity contribution in [3.05, 3.63) is 46.6 Å². The minimum absolute atomic E-state index is 0.0219. The van der Waals surface area contributed by atoms with Crippen molar-refractivity contribution in [3.63, 3.8) is 0 Å². The molecule has 1 aromatic carbocycles. The van der Waals surface area contributed by atoms with Crippen molar-refractivity contribution in [2.24, 2.45) is 7.05 Å². The van der Waals surface area contributed by atoms with Crippen molar-refractivity contribution in [2.45, 2.75) is 25.6 Å². The van der Waals surface area contributed by atoms with Crippen LogP contribution in [0.3, 0.4) is 0 Å². The number of halogens is 3. The van der Waals surface area contributed by atoms with Crippen LogP contribution >= 0.6 is 0 Å². The number of nitrogens with zero attached hydrogens (tertiary/aromatic N) is 4. The van der Waals surface area contributed by atoms with Crippen LogP contribution in [-0.2, 0) is 32.6 Å². The first kappa shape index (κ1) is 17.8. The number of urea groups is 1. The molecule has 0 fully saturated rings. The number of alkyl halides is 3. The van der Waals surface area contributed by atoms with Gasteiger partial charge in [0.1, 0.15) is 5.82 Å². The summed E-state index contributed by atoms with van der Waals surface area (Å²) in [6, 6.07) is 8.07. The molecule has 0 atom stereocenters. The third kappa shape index (κ3) is 3.49. The molecule has 2 amide bonds. The van der Waals surface area contributed by atoms with Crippen molar-refractivity contribution < 1.29 is 18.0 Å². The van der Waals surface area contributed by atoms with E-state index in [1.165, 1.54) is 11.9 Å². The summed E-state index contributed by atoms with van der Waals surface area (Å²) in [5, 5.41) is 14.8. The molecule has 0 saturated carbocycles. The molecule has 0 unspecified atom stereocenters. The second kappa shape index (κ2) is 6.71. The fraction of sp³-hybridized carbons (Fsp3) is 0.353. The molecule has 6 nitrogen and oxygen atoms in total. The first-order chi connectivity index (χ1) is 12.3. The summed E-state index contributed by atoms with van der Waals surface area (Å²) in [4.78, 5) is 14.0.